The lowest BCUT2D eigenvalue weighted by atomic mass is 9.74. The number of aryl methyl sites for hydroxylation is 1. The van der Waals surface area contributed by atoms with Crippen LogP contribution in [-0.2, 0) is 15.9 Å². The summed E-state index contributed by atoms with van der Waals surface area (Å²) < 4.78 is 57.1. The third kappa shape index (κ3) is 6.54. The largest absolute Gasteiger partial charge is 0.508 e. The Kier molecular flexibility index (Phi) is 9.50. The second-order valence-electron chi connectivity index (χ2n) is 16.8. The highest BCUT2D eigenvalue weighted by Gasteiger charge is 2.51. The van der Waals surface area contributed by atoms with E-state index in [1.165, 1.54) is 25.3 Å². The Morgan fingerprint density at radius 3 is 2.58 bits per heavy atom. The van der Waals surface area contributed by atoms with Gasteiger partial charge in [-0.15, -0.1) is 0 Å². The molecule has 2 N–H and O–H groups in total. The second-order valence-corrected chi connectivity index (χ2v) is 16.8. The Morgan fingerprint density at radius 2 is 1.80 bits per heavy atom. The molecule has 1 aliphatic carbocycles. The summed E-state index contributed by atoms with van der Waals surface area (Å²) in [6.07, 6.45) is 10.9. The van der Waals surface area contributed by atoms with Crippen LogP contribution >= 0.6 is 0 Å². The van der Waals surface area contributed by atoms with Crippen LogP contribution < -0.4 is 14.4 Å². The van der Waals surface area contributed by atoms with E-state index < -0.39 is 17.2 Å². The van der Waals surface area contributed by atoms with Crippen molar-refractivity contribution in [2.45, 2.75) is 108 Å². The number of ether oxygens (including phenoxy) is 4. The molecule has 5 aliphatic rings. The van der Waals surface area contributed by atoms with Gasteiger partial charge in [-0.2, -0.15) is 9.97 Å². The fraction of sp³-hybridized carbons (Fsp3) is 0.595. The molecule has 4 saturated heterocycles. The van der Waals surface area contributed by atoms with Crippen LogP contribution in [0.2, 0.25) is 0 Å². The number of β-amino-alcohol motifs (C(OH)–C–C–N with tert-alkyl or cyclic N) is 1. The van der Waals surface area contributed by atoms with Gasteiger partial charge in [0.25, 0.3) is 0 Å². The summed E-state index contributed by atoms with van der Waals surface area (Å²) in [7, 11) is 1.44. The number of benzene rings is 2. The van der Waals surface area contributed by atoms with Gasteiger partial charge in [-0.05, 0) is 106 Å². The van der Waals surface area contributed by atoms with Gasteiger partial charge in [-0.3, -0.25) is 4.90 Å². The van der Waals surface area contributed by atoms with E-state index in [1.54, 1.807) is 13.0 Å². The maximum Gasteiger partial charge on any atom is 0.319 e. The van der Waals surface area contributed by atoms with Gasteiger partial charge in [-0.1, -0.05) is 19.4 Å². The minimum Gasteiger partial charge on any atom is -0.508 e. The number of halogens is 2. The van der Waals surface area contributed by atoms with Crippen molar-refractivity contribution in [3.63, 3.8) is 0 Å². The van der Waals surface area contributed by atoms with Gasteiger partial charge >= 0.3 is 6.01 Å². The molecular weight excluding hydrogens is 708 g/mol. The lowest BCUT2D eigenvalue weighted by molar-refractivity contribution is -0.0798. The quantitative estimate of drug-likeness (QED) is 0.199. The number of piperidine rings is 1. The number of likely N-dealkylation sites (tertiary alicyclic amines) is 1. The lowest BCUT2D eigenvalue weighted by Crippen LogP contribution is -2.57. The maximum atomic E-state index is 17.4. The number of fused-ring (bicyclic) bond motifs is 5. The van der Waals surface area contributed by atoms with Crippen molar-refractivity contribution in [2.24, 2.45) is 5.41 Å². The van der Waals surface area contributed by atoms with Gasteiger partial charge in [0.2, 0.25) is 5.88 Å². The number of aromatic hydroxyl groups is 1. The van der Waals surface area contributed by atoms with Crippen molar-refractivity contribution in [3.8, 4) is 28.9 Å². The van der Waals surface area contributed by atoms with Crippen LogP contribution in [0.3, 0.4) is 0 Å². The molecule has 13 heteroatoms. The first-order valence-corrected chi connectivity index (χ1v) is 20.0. The Morgan fingerprint density at radius 1 is 1.00 bits per heavy atom. The highest BCUT2D eigenvalue weighted by atomic mass is 19.1. The number of hydrogen-bond donors (Lipinski definition) is 2. The number of pyridine rings is 1. The first-order chi connectivity index (χ1) is 26.6. The maximum absolute atomic E-state index is 17.4. The minimum atomic E-state index is -1.22. The molecule has 2 bridgehead atoms. The summed E-state index contributed by atoms with van der Waals surface area (Å²) in [4.78, 5) is 19.0. The van der Waals surface area contributed by atoms with Gasteiger partial charge < -0.3 is 34.1 Å². The molecule has 11 nitrogen and oxygen atoms in total. The highest BCUT2D eigenvalue weighted by Crippen LogP contribution is 2.51. The molecule has 4 aromatic rings. The van der Waals surface area contributed by atoms with E-state index >= 15 is 8.78 Å². The van der Waals surface area contributed by atoms with E-state index in [0.29, 0.717) is 72.6 Å². The Bertz CT molecular complexity index is 2110. The Hall–Kier alpha value is -3.91. The predicted octanol–water partition coefficient (Wildman–Crippen LogP) is 6.71. The zero-order chi connectivity index (χ0) is 38.1. The number of nitrogens with zero attached hydrogens (tertiary/aromatic N) is 5. The van der Waals surface area contributed by atoms with Gasteiger partial charge in [0, 0.05) is 29.6 Å². The van der Waals surface area contributed by atoms with Crippen LogP contribution in [0.4, 0.5) is 14.6 Å². The fourth-order valence-corrected chi connectivity index (χ4v) is 10.6. The van der Waals surface area contributed by atoms with Crippen molar-refractivity contribution >= 4 is 27.5 Å². The zero-order valence-corrected chi connectivity index (χ0v) is 32.0. The molecule has 0 amide bonds. The molecule has 0 radical (unpaired) electrons. The molecule has 2 aromatic carbocycles. The minimum absolute atomic E-state index is 0.0210. The first kappa shape index (κ1) is 36.7. The number of phenolic OH excluding ortho intramolecular Hbond substituents is 1. The molecule has 4 aliphatic heterocycles. The lowest BCUT2D eigenvalue weighted by Gasteiger charge is -2.50. The van der Waals surface area contributed by atoms with E-state index in [0.717, 1.165) is 64.3 Å². The summed E-state index contributed by atoms with van der Waals surface area (Å²) >= 11 is 0. The van der Waals surface area contributed by atoms with Crippen LogP contribution in [0, 0.1) is 17.0 Å². The number of aliphatic hydroxyl groups is 1. The monoisotopic (exact) mass is 759 g/mol. The fourth-order valence-electron chi connectivity index (χ4n) is 10.6. The normalized spacial score (nSPS) is 29.8. The molecular formula is C42H51F2N5O6. The van der Waals surface area contributed by atoms with Crippen LogP contribution in [0.5, 0.6) is 17.6 Å². The van der Waals surface area contributed by atoms with E-state index in [4.69, 9.17) is 28.9 Å². The van der Waals surface area contributed by atoms with Gasteiger partial charge in [-0.25, -0.2) is 13.8 Å². The molecule has 9 rings (SSSR count). The smallest absolute Gasteiger partial charge is 0.319 e. The van der Waals surface area contributed by atoms with Crippen molar-refractivity contribution < 1.29 is 37.9 Å². The summed E-state index contributed by atoms with van der Waals surface area (Å²) in [6.45, 7) is 5.93. The highest BCUT2D eigenvalue weighted by molar-refractivity contribution is 6.03. The van der Waals surface area contributed by atoms with E-state index in [2.05, 4.69) is 9.88 Å². The number of anilines is 1. The molecule has 5 atom stereocenters. The standard InChI is InChI=1S/C42H51F2N5O6/c1-4-29-31(43)11-8-24-17-26(50)20-30(33(24)29)36-35(44)37-34(39(45-36)52-3)38(48-15-16-53-22-41(2,51)21-48)47-40(46-37)54-23-42-12-5-7-32(42)49(14-6-13-42)25-18-27-9-10-28(19-25)55-27/h8,11,17,20,25,27-28,32,50-51H,4-7,9-10,12-16,18-19,21-23H2,1-3H3. The first-order valence-electron chi connectivity index (χ1n) is 20.0. The van der Waals surface area contributed by atoms with Gasteiger partial charge in [0.1, 0.15) is 39.6 Å². The number of methoxy groups -OCH3 is 1. The van der Waals surface area contributed by atoms with E-state index in [-0.39, 0.29) is 58.4 Å². The van der Waals surface area contributed by atoms with E-state index in [9.17, 15) is 10.2 Å². The molecule has 5 fully saturated rings. The number of aromatic nitrogens is 3. The molecule has 2 aromatic heterocycles. The topological polar surface area (TPSA) is 123 Å². The third-order valence-electron chi connectivity index (χ3n) is 13.0. The molecule has 5 unspecified atom stereocenters. The van der Waals surface area contributed by atoms with Crippen LogP contribution in [-0.4, -0.2) is 107 Å². The summed E-state index contributed by atoms with van der Waals surface area (Å²) in [5.41, 5.74) is -0.937. The molecule has 55 heavy (non-hydrogen) atoms. The summed E-state index contributed by atoms with van der Waals surface area (Å²) in [5.74, 6) is -0.969. The SMILES string of the molecule is CCc1c(F)ccc2cc(O)cc(-c3nc(OC)c4c(N5CCOCC(C)(O)C5)nc(OCC56CCCC5N(C5CC7CCC(C5)O7)CCC6)nc4c3F)c12. The Balaban J connectivity index is 1.15. The number of phenols is 1. The van der Waals surface area contributed by atoms with Crippen molar-refractivity contribution in [1.29, 1.82) is 0 Å². The van der Waals surface area contributed by atoms with Crippen molar-refractivity contribution in [2.75, 3.05) is 51.5 Å². The zero-order valence-electron chi connectivity index (χ0n) is 32.0. The summed E-state index contributed by atoms with van der Waals surface area (Å²) in [6, 6.07) is 6.76. The Labute approximate surface area is 319 Å². The summed E-state index contributed by atoms with van der Waals surface area (Å²) in [5, 5.41) is 23.2. The molecule has 6 heterocycles. The molecule has 1 saturated carbocycles. The van der Waals surface area contributed by atoms with Crippen LogP contribution in [0.1, 0.15) is 77.2 Å². The molecule has 294 valence electrons. The number of hydrogen-bond acceptors (Lipinski definition) is 11. The van der Waals surface area contributed by atoms with Gasteiger partial charge in [0.15, 0.2) is 5.82 Å². The van der Waals surface area contributed by atoms with Crippen LogP contribution in [0.15, 0.2) is 24.3 Å². The van der Waals surface area contributed by atoms with E-state index in [1.807, 2.05) is 11.8 Å². The van der Waals surface area contributed by atoms with Gasteiger partial charge in [0.05, 0.1) is 45.7 Å². The number of rotatable bonds is 8. The predicted molar refractivity (Wildman–Crippen MR) is 204 cm³/mol. The molecule has 0 spiro atoms. The average molecular weight is 760 g/mol. The van der Waals surface area contributed by atoms with Crippen molar-refractivity contribution in [1.82, 2.24) is 19.9 Å². The third-order valence-corrected chi connectivity index (χ3v) is 13.0. The average Bonchev–Trinajstić information content (AvgIpc) is 3.71. The van der Waals surface area contributed by atoms with Crippen molar-refractivity contribution in [3.05, 3.63) is 41.5 Å². The van der Waals surface area contributed by atoms with Crippen LogP contribution in [0.25, 0.3) is 32.9 Å². The second kappa shape index (κ2) is 14.2.